The number of aromatic amines is 1. The van der Waals surface area contributed by atoms with E-state index >= 15 is 0 Å². The maximum atomic E-state index is 9.38. The van der Waals surface area contributed by atoms with Crippen molar-refractivity contribution in [3.8, 4) is 17.1 Å². The first-order valence-corrected chi connectivity index (χ1v) is 4.81. The number of rotatable bonds is 1. The van der Waals surface area contributed by atoms with Crippen LogP contribution < -0.4 is 0 Å². The van der Waals surface area contributed by atoms with Crippen molar-refractivity contribution in [3.05, 3.63) is 36.4 Å². The van der Waals surface area contributed by atoms with Crippen LogP contribution in [0.15, 0.2) is 36.4 Å². The van der Waals surface area contributed by atoms with E-state index in [9.17, 15) is 5.11 Å². The van der Waals surface area contributed by atoms with Gasteiger partial charge in [0.2, 0.25) is 0 Å². The monoisotopic (exact) mass is 212 g/mol. The Morgan fingerprint density at radius 2 is 1.88 bits per heavy atom. The zero-order valence-electron chi connectivity index (χ0n) is 8.25. The minimum absolute atomic E-state index is 0.0643. The van der Waals surface area contributed by atoms with Crippen molar-refractivity contribution in [2.75, 3.05) is 0 Å². The predicted molar refractivity (Wildman–Crippen MR) is 58.8 cm³/mol. The standard InChI is InChI=1S/C11H8N4O/c16-9-6-8-11(12-9)10(14-15-13-8)7-4-2-1-3-5-7/h1-6,12,16H. The van der Waals surface area contributed by atoms with E-state index in [-0.39, 0.29) is 5.88 Å². The molecule has 0 aliphatic heterocycles. The largest absolute Gasteiger partial charge is 0.495 e. The minimum atomic E-state index is 0.0643. The maximum Gasteiger partial charge on any atom is 0.191 e. The first-order chi connectivity index (χ1) is 7.84. The summed E-state index contributed by atoms with van der Waals surface area (Å²) in [6.45, 7) is 0. The molecule has 2 aromatic heterocycles. The fourth-order valence-electron chi connectivity index (χ4n) is 1.65. The van der Waals surface area contributed by atoms with Crippen LogP contribution in [0.4, 0.5) is 0 Å². The quantitative estimate of drug-likeness (QED) is 0.644. The summed E-state index contributed by atoms with van der Waals surface area (Å²) in [7, 11) is 0. The summed E-state index contributed by atoms with van der Waals surface area (Å²) < 4.78 is 0. The normalized spacial score (nSPS) is 10.8. The molecule has 3 rings (SSSR count). The second-order valence-electron chi connectivity index (χ2n) is 3.42. The predicted octanol–water partition coefficient (Wildman–Crippen LogP) is 1.73. The number of aromatic nitrogens is 4. The first-order valence-electron chi connectivity index (χ1n) is 4.81. The molecule has 2 heterocycles. The van der Waals surface area contributed by atoms with Crippen LogP contribution in [-0.4, -0.2) is 25.5 Å². The van der Waals surface area contributed by atoms with Gasteiger partial charge in [-0.3, -0.25) is 0 Å². The van der Waals surface area contributed by atoms with Gasteiger partial charge < -0.3 is 10.1 Å². The highest BCUT2D eigenvalue weighted by molar-refractivity contribution is 5.89. The third-order valence-electron chi connectivity index (χ3n) is 2.36. The van der Waals surface area contributed by atoms with E-state index in [2.05, 4.69) is 20.4 Å². The summed E-state index contributed by atoms with van der Waals surface area (Å²) >= 11 is 0. The molecule has 5 heteroatoms. The molecule has 0 atom stereocenters. The minimum Gasteiger partial charge on any atom is -0.495 e. The van der Waals surface area contributed by atoms with Gasteiger partial charge in [0.15, 0.2) is 5.88 Å². The SMILES string of the molecule is Oc1cc2nnnc(-c3ccccc3)c2[nH]1. The zero-order chi connectivity index (χ0) is 11.0. The third kappa shape index (κ3) is 1.30. The van der Waals surface area contributed by atoms with Crippen molar-refractivity contribution in [3.63, 3.8) is 0 Å². The lowest BCUT2D eigenvalue weighted by atomic mass is 10.1. The average Bonchev–Trinajstić information content (AvgIpc) is 2.70. The molecule has 0 fully saturated rings. The van der Waals surface area contributed by atoms with Gasteiger partial charge in [-0.15, -0.1) is 10.2 Å². The van der Waals surface area contributed by atoms with Crippen LogP contribution in [0.2, 0.25) is 0 Å². The smallest absolute Gasteiger partial charge is 0.191 e. The van der Waals surface area contributed by atoms with Gasteiger partial charge in [-0.1, -0.05) is 30.3 Å². The van der Waals surface area contributed by atoms with Gasteiger partial charge in [0.25, 0.3) is 0 Å². The number of fused-ring (bicyclic) bond motifs is 1. The number of nitrogens with zero attached hydrogens (tertiary/aromatic N) is 3. The molecule has 0 bridgehead atoms. The Morgan fingerprint density at radius 1 is 1.06 bits per heavy atom. The second-order valence-corrected chi connectivity index (χ2v) is 3.42. The lowest BCUT2D eigenvalue weighted by Gasteiger charge is -1.99. The third-order valence-corrected chi connectivity index (χ3v) is 2.36. The Hall–Kier alpha value is -2.43. The Labute approximate surface area is 90.8 Å². The molecule has 16 heavy (non-hydrogen) atoms. The van der Waals surface area contributed by atoms with Gasteiger partial charge in [0, 0.05) is 11.6 Å². The first kappa shape index (κ1) is 8.84. The summed E-state index contributed by atoms with van der Waals surface area (Å²) in [5.41, 5.74) is 2.92. The fraction of sp³-hybridized carbons (Fsp3) is 0. The number of H-pyrrole nitrogens is 1. The van der Waals surface area contributed by atoms with Gasteiger partial charge in [-0.05, 0) is 5.21 Å². The summed E-state index contributed by atoms with van der Waals surface area (Å²) in [4.78, 5) is 2.82. The lowest BCUT2D eigenvalue weighted by molar-refractivity contribution is 0.458. The van der Waals surface area contributed by atoms with Gasteiger partial charge in [-0.2, -0.15) is 0 Å². The summed E-state index contributed by atoms with van der Waals surface area (Å²) in [6.07, 6.45) is 0. The van der Waals surface area contributed by atoms with E-state index in [0.29, 0.717) is 16.7 Å². The number of hydrogen-bond acceptors (Lipinski definition) is 4. The number of benzene rings is 1. The van der Waals surface area contributed by atoms with Crippen molar-refractivity contribution in [1.29, 1.82) is 0 Å². The lowest BCUT2D eigenvalue weighted by Crippen LogP contribution is -1.92. The number of aromatic hydroxyl groups is 1. The molecule has 0 saturated carbocycles. The Morgan fingerprint density at radius 3 is 2.69 bits per heavy atom. The van der Waals surface area contributed by atoms with Crippen LogP contribution >= 0.6 is 0 Å². The van der Waals surface area contributed by atoms with E-state index in [1.807, 2.05) is 30.3 Å². The maximum absolute atomic E-state index is 9.38. The fourth-order valence-corrected chi connectivity index (χ4v) is 1.65. The summed E-state index contributed by atoms with van der Waals surface area (Å²) in [5, 5.41) is 20.9. The highest BCUT2D eigenvalue weighted by atomic mass is 16.3. The Balaban J connectivity index is 2.31. The van der Waals surface area contributed by atoms with Gasteiger partial charge >= 0.3 is 0 Å². The van der Waals surface area contributed by atoms with Crippen molar-refractivity contribution in [1.82, 2.24) is 20.4 Å². The molecule has 78 valence electrons. The molecular weight excluding hydrogens is 204 g/mol. The van der Waals surface area contributed by atoms with Crippen molar-refractivity contribution in [2.24, 2.45) is 0 Å². The number of hydrogen-bond donors (Lipinski definition) is 2. The number of nitrogens with one attached hydrogen (secondary N) is 1. The summed E-state index contributed by atoms with van der Waals surface area (Å²) in [5.74, 6) is 0.0643. The van der Waals surface area contributed by atoms with Crippen LogP contribution in [0.5, 0.6) is 5.88 Å². The van der Waals surface area contributed by atoms with Crippen LogP contribution in [0, 0.1) is 0 Å². The highest BCUT2D eigenvalue weighted by Crippen LogP contribution is 2.25. The Kier molecular flexibility index (Phi) is 1.83. The van der Waals surface area contributed by atoms with Crippen LogP contribution in [0.25, 0.3) is 22.3 Å². The van der Waals surface area contributed by atoms with E-state index in [1.54, 1.807) is 0 Å². The molecule has 0 amide bonds. The summed E-state index contributed by atoms with van der Waals surface area (Å²) in [6, 6.07) is 11.2. The molecule has 0 aliphatic rings. The van der Waals surface area contributed by atoms with Crippen molar-refractivity contribution < 1.29 is 5.11 Å². The van der Waals surface area contributed by atoms with E-state index in [4.69, 9.17) is 0 Å². The average molecular weight is 212 g/mol. The van der Waals surface area contributed by atoms with Crippen molar-refractivity contribution >= 4 is 11.0 Å². The topological polar surface area (TPSA) is 74.7 Å². The van der Waals surface area contributed by atoms with Crippen molar-refractivity contribution in [2.45, 2.75) is 0 Å². The van der Waals surface area contributed by atoms with Gasteiger partial charge in [0.05, 0.1) is 5.52 Å². The molecule has 0 spiro atoms. The molecular formula is C11H8N4O. The van der Waals surface area contributed by atoms with E-state index < -0.39 is 0 Å². The molecule has 0 aliphatic carbocycles. The zero-order valence-corrected chi connectivity index (χ0v) is 8.25. The van der Waals surface area contributed by atoms with E-state index in [0.717, 1.165) is 5.56 Å². The van der Waals surface area contributed by atoms with Crippen LogP contribution in [-0.2, 0) is 0 Å². The van der Waals surface area contributed by atoms with E-state index in [1.165, 1.54) is 6.07 Å². The molecule has 3 aromatic rings. The van der Waals surface area contributed by atoms with Gasteiger partial charge in [-0.25, -0.2) is 0 Å². The van der Waals surface area contributed by atoms with Crippen LogP contribution in [0.3, 0.4) is 0 Å². The molecule has 5 nitrogen and oxygen atoms in total. The Bertz CT molecular complexity index is 633. The molecule has 1 aromatic carbocycles. The molecule has 0 unspecified atom stereocenters. The second kappa shape index (κ2) is 3.30. The van der Waals surface area contributed by atoms with Crippen LogP contribution in [0.1, 0.15) is 0 Å². The molecule has 0 radical (unpaired) electrons. The molecule has 2 N–H and O–H groups in total. The molecule has 0 saturated heterocycles. The highest BCUT2D eigenvalue weighted by Gasteiger charge is 2.09. The van der Waals surface area contributed by atoms with Gasteiger partial charge in [0.1, 0.15) is 11.2 Å².